The molecule has 0 saturated carbocycles. The zero-order valence-corrected chi connectivity index (χ0v) is 10.6. The van der Waals surface area contributed by atoms with Gasteiger partial charge < -0.3 is 15.8 Å². The molecule has 0 aliphatic carbocycles. The number of carbonyl (C=O) groups is 1. The second-order valence-electron chi connectivity index (χ2n) is 4.59. The number of aromatic nitrogens is 1. The van der Waals surface area contributed by atoms with Crippen molar-refractivity contribution >= 4 is 5.91 Å². The fraction of sp³-hybridized carbons (Fsp3) is 0.538. The number of ether oxygens (including phenoxy) is 1. The van der Waals surface area contributed by atoms with E-state index in [4.69, 9.17) is 10.5 Å². The van der Waals surface area contributed by atoms with E-state index in [9.17, 15) is 4.79 Å². The highest BCUT2D eigenvalue weighted by Crippen LogP contribution is 2.18. The summed E-state index contributed by atoms with van der Waals surface area (Å²) in [5.41, 5.74) is 7.47. The van der Waals surface area contributed by atoms with Gasteiger partial charge in [0.25, 0.3) is 0 Å². The fourth-order valence-electron chi connectivity index (χ4n) is 1.98. The van der Waals surface area contributed by atoms with Crippen molar-refractivity contribution in [1.29, 1.82) is 0 Å². The van der Waals surface area contributed by atoms with Crippen molar-refractivity contribution in [2.45, 2.75) is 38.5 Å². The highest BCUT2D eigenvalue weighted by Gasteiger charge is 2.29. The van der Waals surface area contributed by atoms with Crippen LogP contribution in [0.3, 0.4) is 0 Å². The van der Waals surface area contributed by atoms with Crippen molar-refractivity contribution in [2.75, 3.05) is 6.54 Å². The van der Waals surface area contributed by atoms with Crippen molar-refractivity contribution in [3.05, 3.63) is 29.6 Å². The van der Waals surface area contributed by atoms with Crippen molar-refractivity contribution in [1.82, 2.24) is 10.3 Å². The molecule has 1 fully saturated rings. The highest BCUT2D eigenvalue weighted by molar-refractivity contribution is 5.80. The van der Waals surface area contributed by atoms with E-state index >= 15 is 0 Å². The van der Waals surface area contributed by atoms with Gasteiger partial charge in [0.1, 0.15) is 6.10 Å². The van der Waals surface area contributed by atoms with Crippen molar-refractivity contribution in [3.63, 3.8) is 0 Å². The second kappa shape index (κ2) is 5.93. The summed E-state index contributed by atoms with van der Waals surface area (Å²) in [6, 6.07) is 3.89. The van der Waals surface area contributed by atoms with Crippen LogP contribution in [0.25, 0.3) is 0 Å². The summed E-state index contributed by atoms with van der Waals surface area (Å²) in [4.78, 5) is 16.0. The molecular weight excluding hydrogens is 230 g/mol. The van der Waals surface area contributed by atoms with E-state index in [1.807, 2.05) is 19.1 Å². The van der Waals surface area contributed by atoms with Gasteiger partial charge in [0, 0.05) is 25.0 Å². The first kappa shape index (κ1) is 13.0. The zero-order valence-electron chi connectivity index (χ0n) is 10.6. The monoisotopic (exact) mass is 249 g/mol. The molecule has 0 spiro atoms. The van der Waals surface area contributed by atoms with Crippen LogP contribution >= 0.6 is 0 Å². The number of amides is 1. The van der Waals surface area contributed by atoms with Crippen LogP contribution in [-0.4, -0.2) is 29.6 Å². The minimum atomic E-state index is -0.350. The third-order valence-corrected chi connectivity index (χ3v) is 3.10. The highest BCUT2D eigenvalue weighted by atomic mass is 16.5. The third kappa shape index (κ3) is 3.27. The van der Waals surface area contributed by atoms with E-state index in [-0.39, 0.29) is 18.1 Å². The number of hydrogen-bond donors (Lipinski definition) is 2. The van der Waals surface area contributed by atoms with Gasteiger partial charge in [0.2, 0.25) is 5.91 Å². The van der Waals surface area contributed by atoms with Gasteiger partial charge in [-0.15, -0.1) is 0 Å². The summed E-state index contributed by atoms with van der Waals surface area (Å²) in [6.07, 6.45) is 3.06. The number of carbonyl (C=O) groups excluding carboxylic acids is 1. The normalized spacial score (nSPS) is 23.0. The van der Waals surface area contributed by atoms with Crippen molar-refractivity contribution in [2.24, 2.45) is 5.73 Å². The lowest BCUT2D eigenvalue weighted by Gasteiger charge is -2.12. The van der Waals surface area contributed by atoms with Gasteiger partial charge in [-0.05, 0) is 31.4 Å². The van der Waals surface area contributed by atoms with Crippen LogP contribution in [0.2, 0.25) is 0 Å². The Kier molecular flexibility index (Phi) is 4.28. The molecule has 2 heterocycles. The molecule has 2 rings (SSSR count). The quantitative estimate of drug-likeness (QED) is 0.815. The lowest BCUT2D eigenvalue weighted by atomic mass is 10.2. The number of pyridine rings is 1. The van der Waals surface area contributed by atoms with Gasteiger partial charge in [0.05, 0.1) is 6.10 Å². The largest absolute Gasteiger partial charge is 0.364 e. The molecule has 2 atom stereocenters. The molecule has 1 aliphatic rings. The van der Waals surface area contributed by atoms with E-state index in [0.717, 1.165) is 24.1 Å². The van der Waals surface area contributed by atoms with Crippen LogP contribution < -0.4 is 11.1 Å². The average Bonchev–Trinajstić information content (AvgIpc) is 2.86. The van der Waals surface area contributed by atoms with Gasteiger partial charge in [0.15, 0.2) is 0 Å². The van der Waals surface area contributed by atoms with Crippen LogP contribution in [0.1, 0.15) is 24.1 Å². The molecule has 98 valence electrons. The minimum Gasteiger partial charge on any atom is -0.364 e. The fourth-order valence-corrected chi connectivity index (χ4v) is 1.98. The van der Waals surface area contributed by atoms with Gasteiger partial charge in [-0.1, -0.05) is 6.07 Å². The molecule has 0 aromatic carbocycles. The Labute approximate surface area is 107 Å². The van der Waals surface area contributed by atoms with E-state index in [1.54, 1.807) is 6.20 Å². The predicted octanol–water partition coefficient (Wildman–Crippen LogP) is 0.513. The number of aryl methyl sites for hydroxylation is 1. The Balaban J connectivity index is 1.80. The molecule has 18 heavy (non-hydrogen) atoms. The van der Waals surface area contributed by atoms with E-state index in [2.05, 4.69) is 10.3 Å². The molecule has 1 aromatic rings. The average molecular weight is 249 g/mol. The summed E-state index contributed by atoms with van der Waals surface area (Å²) in [5.74, 6) is -0.0634. The number of nitrogens with one attached hydrogen (secondary N) is 1. The Morgan fingerprint density at radius 2 is 2.39 bits per heavy atom. The van der Waals surface area contributed by atoms with Crippen LogP contribution in [0.5, 0.6) is 0 Å². The first-order chi connectivity index (χ1) is 8.69. The molecular formula is C13H19N3O2. The molecule has 1 saturated heterocycles. The predicted molar refractivity (Wildman–Crippen MR) is 67.8 cm³/mol. The summed E-state index contributed by atoms with van der Waals surface area (Å²) in [6.45, 7) is 2.90. The van der Waals surface area contributed by atoms with Gasteiger partial charge in [-0.2, -0.15) is 0 Å². The summed E-state index contributed by atoms with van der Waals surface area (Å²) in [5, 5.41) is 2.86. The molecule has 5 heteroatoms. The molecule has 5 nitrogen and oxygen atoms in total. The molecule has 3 N–H and O–H groups in total. The smallest absolute Gasteiger partial charge is 0.249 e. The van der Waals surface area contributed by atoms with Gasteiger partial charge in [-0.3, -0.25) is 9.78 Å². The Morgan fingerprint density at radius 1 is 1.56 bits per heavy atom. The first-order valence-electron chi connectivity index (χ1n) is 6.24. The maximum Gasteiger partial charge on any atom is 0.249 e. The summed E-state index contributed by atoms with van der Waals surface area (Å²) >= 11 is 0. The standard InChI is InChI=1S/C13H19N3O2/c1-9-2-3-10(7-15-9)8-16-13(17)12-5-4-11(6-14)18-12/h2-3,7,11-12H,4-6,8,14H2,1H3,(H,16,17)/t11-,12+/m1/s1. The molecule has 1 aliphatic heterocycles. The van der Waals surface area contributed by atoms with Crippen LogP contribution in [0.15, 0.2) is 18.3 Å². The van der Waals surface area contributed by atoms with E-state index in [1.165, 1.54) is 0 Å². The number of nitrogens with zero attached hydrogens (tertiary/aromatic N) is 1. The first-order valence-corrected chi connectivity index (χ1v) is 6.24. The topological polar surface area (TPSA) is 77.2 Å². The Hall–Kier alpha value is -1.46. The van der Waals surface area contributed by atoms with Crippen LogP contribution in [-0.2, 0) is 16.1 Å². The van der Waals surface area contributed by atoms with E-state index in [0.29, 0.717) is 13.1 Å². The second-order valence-corrected chi connectivity index (χ2v) is 4.59. The minimum absolute atomic E-state index is 0.0294. The molecule has 0 bridgehead atoms. The third-order valence-electron chi connectivity index (χ3n) is 3.10. The number of hydrogen-bond acceptors (Lipinski definition) is 4. The molecule has 1 aromatic heterocycles. The summed E-state index contributed by atoms with van der Waals surface area (Å²) in [7, 11) is 0. The van der Waals surface area contributed by atoms with E-state index < -0.39 is 0 Å². The zero-order chi connectivity index (χ0) is 13.0. The molecule has 1 amide bonds. The maximum absolute atomic E-state index is 11.8. The van der Waals surface area contributed by atoms with Crippen molar-refractivity contribution in [3.8, 4) is 0 Å². The summed E-state index contributed by atoms with van der Waals surface area (Å²) < 4.78 is 5.53. The van der Waals surface area contributed by atoms with Crippen LogP contribution in [0.4, 0.5) is 0 Å². The Bertz CT molecular complexity index is 405. The lowest BCUT2D eigenvalue weighted by molar-refractivity contribution is -0.132. The van der Waals surface area contributed by atoms with Gasteiger partial charge in [-0.25, -0.2) is 0 Å². The lowest BCUT2D eigenvalue weighted by Crippen LogP contribution is -2.35. The molecule has 0 unspecified atom stereocenters. The van der Waals surface area contributed by atoms with Crippen LogP contribution in [0, 0.1) is 6.92 Å². The maximum atomic E-state index is 11.8. The number of rotatable bonds is 4. The Morgan fingerprint density at radius 3 is 3.00 bits per heavy atom. The van der Waals surface area contributed by atoms with Crippen molar-refractivity contribution < 1.29 is 9.53 Å². The SMILES string of the molecule is Cc1ccc(CNC(=O)[C@@H]2CC[C@H](CN)O2)cn1. The number of nitrogens with two attached hydrogens (primary N) is 1. The molecule has 0 radical (unpaired) electrons. The van der Waals surface area contributed by atoms with Gasteiger partial charge >= 0.3 is 0 Å².